The highest BCUT2D eigenvalue weighted by Crippen LogP contribution is 2.22. The molecule has 0 saturated carbocycles. The van der Waals surface area contributed by atoms with E-state index in [0.29, 0.717) is 11.9 Å². The van der Waals surface area contributed by atoms with E-state index in [2.05, 4.69) is 27.1 Å². The molecule has 1 unspecified atom stereocenters. The zero-order valence-corrected chi connectivity index (χ0v) is 12.1. The first-order valence-electron chi connectivity index (χ1n) is 7.31. The fourth-order valence-corrected chi connectivity index (χ4v) is 2.65. The molecule has 1 aromatic heterocycles. The highest BCUT2D eigenvalue weighted by atomic mass is 19.1. The third-order valence-corrected chi connectivity index (χ3v) is 3.72. The molecule has 1 aliphatic heterocycles. The Bertz CT molecular complexity index is 599. The first-order valence-corrected chi connectivity index (χ1v) is 7.31. The minimum absolute atomic E-state index is 0.252. The first kappa shape index (κ1) is 13.8. The zero-order chi connectivity index (χ0) is 14.7. The molecule has 21 heavy (non-hydrogen) atoms. The summed E-state index contributed by atoms with van der Waals surface area (Å²) in [6.07, 6.45) is 4.24. The number of benzene rings is 1. The fourth-order valence-electron chi connectivity index (χ4n) is 2.65. The van der Waals surface area contributed by atoms with Gasteiger partial charge in [-0.2, -0.15) is 4.98 Å². The van der Waals surface area contributed by atoms with Gasteiger partial charge in [0.15, 0.2) is 0 Å². The molecule has 0 amide bonds. The van der Waals surface area contributed by atoms with Gasteiger partial charge in [-0.05, 0) is 49.1 Å². The van der Waals surface area contributed by atoms with Crippen LogP contribution < -0.4 is 10.2 Å². The lowest BCUT2D eigenvalue weighted by atomic mass is 10.0. The molecular weight excluding hydrogens is 267 g/mol. The van der Waals surface area contributed by atoms with Crippen LogP contribution in [0.3, 0.4) is 0 Å². The van der Waals surface area contributed by atoms with E-state index in [9.17, 15) is 4.39 Å². The summed E-state index contributed by atoms with van der Waals surface area (Å²) in [7, 11) is 0. The van der Waals surface area contributed by atoms with Crippen LogP contribution in [0.4, 0.5) is 21.8 Å². The molecule has 1 aliphatic rings. The Hall–Kier alpha value is -2.17. The summed E-state index contributed by atoms with van der Waals surface area (Å²) >= 11 is 0. The highest BCUT2D eigenvalue weighted by molar-refractivity contribution is 5.54. The summed E-state index contributed by atoms with van der Waals surface area (Å²) in [4.78, 5) is 11.1. The number of piperidine rings is 1. The van der Waals surface area contributed by atoms with Crippen LogP contribution in [0.2, 0.25) is 0 Å². The van der Waals surface area contributed by atoms with E-state index in [1.165, 1.54) is 25.0 Å². The molecule has 3 rings (SSSR count). The van der Waals surface area contributed by atoms with Crippen molar-refractivity contribution in [2.75, 3.05) is 23.3 Å². The standard InChI is InChI=1S/C16H19FN4/c1-12-3-2-10-21(11-12)15-8-9-18-16(20-15)19-14-6-4-13(17)5-7-14/h4-9,12H,2-3,10-11H2,1H3,(H,18,19,20). The predicted octanol–water partition coefficient (Wildman–Crippen LogP) is 3.60. The zero-order valence-electron chi connectivity index (χ0n) is 12.1. The summed E-state index contributed by atoms with van der Waals surface area (Å²) in [5.74, 6) is 1.93. The van der Waals surface area contributed by atoms with Gasteiger partial charge in [-0.3, -0.25) is 0 Å². The lowest BCUT2D eigenvalue weighted by molar-refractivity contribution is 0.444. The molecule has 0 bridgehead atoms. The lowest BCUT2D eigenvalue weighted by Gasteiger charge is -2.31. The maximum Gasteiger partial charge on any atom is 0.229 e. The normalized spacial score (nSPS) is 18.6. The van der Waals surface area contributed by atoms with Gasteiger partial charge in [-0.1, -0.05) is 6.92 Å². The lowest BCUT2D eigenvalue weighted by Crippen LogP contribution is -2.34. The Labute approximate surface area is 124 Å². The molecule has 110 valence electrons. The van der Waals surface area contributed by atoms with Crippen molar-refractivity contribution in [2.45, 2.75) is 19.8 Å². The van der Waals surface area contributed by atoms with Crippen molar-refractivity contribution in [1.29, 1.82) is 0 Å². The van der Waals surface area contributed by atoms with Crippen molar-refractivity contribution in [3.8, 4) is 0 Å². The molecular formula is C16H19FN4. The van der Waals surface area contributed by atoms with E-state index in [-0.39, 0.29) is 5.82 Å². The number of hydrogen-bond donors (Lipinski definition) is 1. The maximum absolute atomic E-state index is 12.9. The van der Waals surface area contributed by atoms with Crippen molar-refractivity contribution in [2.24, 2.45) is 5.92 Å². The predicted molar refractivity (Wildman–Crippen MR) is 82.3 cm³/mol. The van der Waals surface area contributed by atoms with Crippen LogP contribution >= 0.6 is 0 Å². The quantitative estimate of drug-likeness (QED) is 0.936. The average Bonchev–Trinajstić information content (AvgIpc) is 2.50. The SMILES string of the molecule is CC1CCCN(c2ccnc(Nc3ccc(F)cc3)n2)C1. The van der Waals surface area contributed by atoms with E-state index in [4.69, 9.17) is 0 Å². The molecule has 0 spiro atoms. The summed E-state index contributed by atoms with van der Waals surface area (Å²) in [6.45, 7) is 4.34. The van der Waals surface area contributed by atoms with Gasteiger partial charge in [0.05, 0.1) is 0 Å². The number of nitrogens with zero attached hydrogens (tertiary/aromatic N) is 3. The van der Waals surface area contributed by atoms with Crippen LogP contribution in [0.5, 0.6) is 0 Å². The van der Waals surface area contributed by atoms with Crippen LogP contribution in [0.1, 0.15) is 19.8 Å². The average molecular weight is 286 g/mol. The van der Waals surface area contributed by atoms with E-state index in [1.54, 1.807) is 18.3 Å². The minimum atomic E-state index is -0.252. The highest BCUT2D eigenvalue weighted by Gasteiger charge is 2.17. The first-order chi connectivity index (χ1) is 10.2. The van der Waals surface area contributed by atoms with Crippen LogP contribution in [0.15, 0.2) is 36.5 Å². The maximum atomic E-state index is 12.9. The Morgan fingerprint density at radius 1 is 1.24 bits per heavy atom. The third-order valence-electron chi connectivity index (χ3n) is 3.72. The third kappa shape index (κ3) is 3.48. The molecule has 1 saturated heterocycles. The number of anilines is 3. The molecule has 2 aromatic rings. The van der Waals surface area contributed by atoms with Gasteiger partial charge in [-0.25, -0.2) is 9.37 Å². The van der Waals surface area contributed by atoms with Gasteiger partial charge in [-0.15, -0.1) is 0 Å². The van der Waals surface area contributed by atoms with Crippen molar-refractivity contribution < 1.29 is 4.39 Å². The van der Waals surface area contributed by atoms with Crippen molar-refractivity contribution >= 4 is 17.5 Å². The molecule has 1 N–H and O–H groups in total. The van der Waals surface area contributed by atoms with Gasteiger partial charge < -0.3 is 10.2 Å². The Balaban J connectivity index is 1.75. The molecule has 2 heterocycles. The van der Waals surface area contributed by atoms with Crippen LogP contribution in [-0.2, 0) is 0 Å². The van der Waals surface area contributed by atoms with Crippen molar-refractivity contribution in [3.63, 3.8) is 0 Å². The topological polar surface area (TPSA) is 41.1 Å². The van der Waals surface area contributed by atoms with Crippen LogP contribution in [0, 0.1) is 11.7 Å². The van der Waals surface area contributed by atoms with E-state index in [0.717, 1.165) is 24.6 Å². The van der Waals surface area contributed by atoms with E-state index < -0.39 is 0 Å². The summed E-state index contributed by atoms with van der Waals surface area (Å²) in [6, 6.07) is 8.12. The summed E-state index contributed by atoms with van der Waals surface area (Å²) in [5, 5.41) is 3.11. The molecule has 4 nitrogen and oxygen atoms in total. The van der Waals surface area contributed by atoms with Gasteiger partial charge in [0.25, 0.3) is 0 Å². The summed E-state index contributed by atoms with van der Waals surface area (Å²) in [5.41, 5.74) is 0.778. The number of hydrogen-bond acceptors (Lipinski definition) is 4. The molecule has 0 aliphatic carbocycles. The largest absolute Gasteiger partial charge is 0.356 e. The molecule has 1 aromatic carbocycles. The number of nitrogens with one attached hydrogen (secondary N) is 1. The molecule has 0 radical (unpaired) electrons. The Morgan fingerprint density at radius 3 is 2.81 bits per heavy atom. The number of aromatic nitrogens is 2. The second-order valence-corrected chi connectivity index (χ2v) is 5.56. The number of rotatable bonds is 3. The molecule has 1 fully saturated rings. The number of halogens is 1. The van der Waals surface area contributed by atoms with Crippen LogP contribution in [0.25, 0.3) is 0 Å². The minimum Gasteiger partial charge on any atom is -0.356 e. The summed E-state index contributed by atoms with van der Waals surface area (Å²) < 4.78 is 12.9. The van der Waals surface area contributed by atoms with E-state index >= 15 is 0 Å². The molecule has 5 heteroatoms. The van der Waals surface area contributed by atoms with E-state index in [1.807, 2.05) is 6.07 Å². The molecule has 1 atom stereocenters. The second-order valence-electron chi connectivity index (χ2n) is 5.56. The van der Waals surface area contributed by atoms with Crippen molar-refractivity contribution in [3.05, 3.63) is 42.3 Å². The Kier molecular flexibility index (Phi) is 3.99. The van der Waals surface area contributed by atoms with Crippen molar-refractivity contribution in [1.82, 2.24) is 9.97 Å². The smallest absolute Gasteiger partial charge is 0.229 e. The van der Waals surface area contributed by atoms with Gasteiger partial charge in [0, 0.05) is 25.0 Å². The fraction of sp³-hybridized carbons (Fsp3) is 0.375. The monoisotopic (exact) mass is 286 g/mol. The Morgan fingerprint density at radius 2 is 2.05 bits per heavy atom. The second kappa shape index (κ2) is 6.08. The van der Waals surface area contributed by atoms with Crippen LogP contribution in [-0.4, -0.2) is 23.1 Å². The van der Waals surface area contributed by atoms with Gasteiger partial charge in [0.1, 0.15) is 11.6 Å². The van der Waals surface area contributed by atoms with Gasteiger partial charge >= 0.3 is 0 Å². The van der Waals surface area contributed by atoms with Gasteiger partial charge in [0.2, 0.25) is 5.95 Å².